The van der Waals surface area contributed by atoms with Gasteiger partial charge in [0.15, 0.2) is 18.1 Å². The number of methoxy groups -OCH3 is 1. The van der Waals surface area contributed by atoms with E-state index in [1.54, 1.807) is 25.1 Å². The summed E-state index contributed by atoms with van der Waals surface area (Å²) in [6, 6.07) is 10.4. The van der Waals surface area contributed by atoms with Crippen LogP contribution in [0.4, 0.5) is 4.79 Å². The molecule has 3 rings (SSSR count). The number of amides is 3. The molecule has 1 fully saturated rings. The number of benzene rings is 2. The van der Waals surface area contributed by atoms with E-state index in [1.165, 1.54) is 7.11 Å². The van der Waals surface area contributed by atoms with Crippen molar-refractivity contribution in [2.75, 3.05) is 20.3 Å². The van der Waals surface area contributed by atoms with Crippen LogP contribution >= 0.6 is 15.9 Å². The van der Waals surface area contributed by atoms with E-state index >= 15 is 0 Å². The van der Waals surface area contributed by atoms with Gasteiger partial charge in [0.1, 0.15) is 5.70 Å². The summed E-state index contributed by atoms with van der Waals surface area (Å²) in [7, 11) is 1.46. The van der Waals surface area contributed by atoms with Crippen LogP contribution in [0.15, 0.2) is 46.6 Å². The number of nitrogens with zero attached hydrogens (tertiary/aromatic N) is 1. The number of hydrogen-bond acceptors (Lipinski definition) is 6. The van der Waals surface area contributed by atoms with Gasteiger partial charge in [0, 0.05) is 4.47 Å². The van der Waals surface area contributed by atoms with Crippen LogP contribution < -0.4 is 14.8 Å². The highest BCUT2D eigenvalue weighted by Gasteiger charge is 2.33. The Labute approximate surface area is 194 Å². The summed E-state index contributed by atoms with van der Waals surface area (Å²) in [4.78, 5) is 37.9. The Balaban J connectivity index is 1.79. The fourth-order valence-electron chi connectivity index (χ4n) is 3.02. The lowest BCUT2D eigenvalue weighted by atomic mass is 10.1. The summed E-state index contributed by atoms with van der Waals surface area (Å²) in [5.74, 6) is -0.233. The Morgan fingerprint density at radius 1 is 1.16 bits per heavy atom. The molecule has 8 nitrogen and oxygen atoms in total. The first-order valence-electron chi connectivity index (χ1n) is 9.88. The van der Waals surface area contributed by atoms with Crippen molar-refractivity contribution in [2.45, 2.75) is 20.4 Å². The molecule has 0 radical (unpaired) electrons. The molecular formula is C23H23BrN2O6. The predicted molar refractivity (Wildman–Crippen MR) is 121 cm³/mol. The largest absolute Gasteiger partial charge is 0.493 e. The first kappa shape index (κ1) is 23.3. The van der Waals surface area contributed by atoms with Crippen molar-refractivity contribution >= 4 is 39.9 Å². The lowest BCUT2D eigenvalue weighted by molar-refractivity contribution is -0.145. The van der Waals surface area contributed by atoms with Crippen molar-refractivity contribution in [3.05, 3.63) is 63.3 Å². The van der Waals surface area contributed by atoms with Crippen LogP contribution in [-0.2, 0) is 20.9 Å². The van der Waals surface area contributed by atoms with Crippen molar-refractivity contribution in [3.63, 3.8) is 0 Å². The van der Waals surface area contributed by atoms with Gasteiger partial charge >= 0.3 is 12.0 Å². The molecule has 1 N–H and O–H groups in total. The van der Waals surface area contributed by atoms with Crippen molar-refractivity contribution in [3.8, 4) is 11.5 Å². The molecule has 2 aromatic carbocycles. The molecule has 1 saturated heterocycles. The normalized spacial score (nSPS) is 14.5. The van der Waals surface area contributed by atoms with Crippen LogP contribution in [0.2, 0.25) is 0 Å². The zero-order chi connectivity index (χ0) is 23.3. The second-order valence-corrected chi connectivity index (χ2v) is 7.84. The standard InChI is InChI=1S/C23H23BrN2O6/c1-4-31-21(27)13-32-20-11-17(24)16(10-19(20)30-3)9-18-22(28)26(23(29)25-18)12-15-7-5-14(2)6-8-15/h5-11H,4,12-13H2,1-3H3,(H,25,29)/b18-9+. The average molecular weight is 503 g/mol. The first-order valence-corrected chi connectivity index (χ1v) is 10.7. The second kappa shape index (κ2) is 10.3. The van der Waals surface area contributed by atoms with Gasteiger partial charge in [-0.15, -0.1) is 0 Å². The molecule has 0 spiro atoms. The molecule has 0 atom stereocenters. The highest BCUT2D eigenvalue weighted by molar-refractivity contribution is 9.10. The van der Waals surface area contributed by atoms with Gasteiger partial charge in [-0.25, -0.2) is 9.59 Å². The van der Waals surface area contributed by atoms with E-state index < -0.39 is 17.9 Å². The van der Waals surface area contributed by atoms with E-state index in [9.17, 15) is 14.4 Å². The molecule has 9 heteroatoms. The minimum absolute atomic E-state index is 0.144. The fraction of sp³-hybridized carbons (Fsp3) is 0.261. The van der Waals surface area contributed by atoms with Crippen molar-refractivity contribution < 1.29 is 28.6 Å². The van der Waals surface area contributed by atoms with Gasteiger partial charge in [-0.3, -0.25) is 9.69 Å². The number of aryl methyl sites for hydroxylation is 1. The quantitative estimate of drug-likeness (QED) is 0.335. The number of hydrogen-bond donors (Lipinski definition) is 1. The zero-order valence-corrected chi connectivity index (χ0v) is 19.5. The summed E-state index contributed by atoms with van der Waals surface area (Å²) in [5.41, 5.74) is 2.68. The smallest absolute Gasteiger partial charge is 0.344 e. The van der Waals surface area contributed by atoms with Crippen LogP contribution in [-0.4, -0.2) is 43.1 Å². The highest BCUT2D eigenvalue weighted by Crippen LogP contribution is 2.35. The molecule has 0 unspecified atom stereocenters. The van der Waals surface area contributed by atoms with E-state index in [1.807, 2.05) is 31.2 Å². The van der Waals surface area contributed by atoms with Gasteiger partial charge in [-0.1, -0.05) is 45.8 Å². The Morgan fingerprint density at radius 2 is 1.88 bits per heavy atom. The Bertz CT molecular complexity index is 1060. The number of carbonyl (C=O) groups excluding carboxylic acids is 3. The van der Waals surface area contributed by atoms with Crippen molar-refractivity contribution in [1.82, 2.24) is 10.2 Å². The second-order valence-electron chi connectivity index (χ2n) is 6.98. The number of carbonyl (C=O) groups is 3. The monoisotopic (exact) mass is 502 g/mol. The number of halogens is 1. The zero-order valence-electron chi connectivity index (χ0n) is 17.9. The molecular weight excluding hydrogens is 480 g/mol. The molecule has 1 aliphatic heterocycles. The van der Waals surface area contributed by atoms with Gasteiger partial charge in [0.2, 0.25) is 0 Å². The number of urea groups is 1. The summed E-state index contributed by atoms with van der Waals surface area (Å²) in [6.07, 6.45) is 1.55. The van der Waals surface area contributed by atoms with Gasteiger partial charge < -0.3 is 19.5 Å². The van der Waals surface area contributed by atoms with Gasteiger partial charge in [0.05, 0.1) is 20.3 Å². The van der Waals surface area contributed by atoms with Crippen LogP contribution in [0, 0.1) is 6.92 Å². The summed E-state index contributed by atoms with van der Waals surface area (Å²) in [5, 5.41) is 2.61. The van der Waals surface area contributed by atoms with E-state index in [0.717, 1.165) is 16.0 Å². The fourth-order valence-corrected chi connectivity index (χ4v) is 3.46. The first-order chi connectivity index (χ1) is 15.3. The molecule has 0 bridgehead atoms. The average Bonchev–Trinajstić information content (AvgIpc) is 3.02. The predicted octanol–water partition coefficient (Wildman–Crippen LogP) is 3.80. The van der Waals surface area contributed by atoms with Crippen LogP contribution in [0.1, 0.15) is 23.6 Å². The maximum atomic E-state index is 12.8. The SMILES string of the molecule is CCOC(=O)COc1cc(Br)c(/C=C2/NC(=O)N(Cc3ccc(C)cc3)C2=O)cc1OC. The number of ether oxygens (including phenoxy) is 3. The summed E-state index contributed by atoms with van der Waals surface area (Å²) < 4.78 is 16.3. The van der Waals surface area contributed by atoms with Crippen molar-refractivity contribution in [1.29, 1.82) is 0 Å². The van der Waals surface area contributed by atoms with E-state index in [2.05, 4.69) is 21.2 Å². The summed E-state index contributed by atoms with van der Waals surface area (Å²) in [6.45, 7) is 3.85. The molecule has 0 aromatic heterocycles. The Morgan fingerprint density at radius 3 is 2.53 bits per heavy atom. The molecule has 3 amide bonds. The summed E-state index contributed by atoms with van der Waals surface area (Å²) >= 11 is 3.43. The molecule has 0 aliphatic carbocycles. The lowest BCUT2D eigenvalue weighted by Gasteiger charge is -2.13. The number of nitrogens with one attached hydrogen (secondary N) is 1. The third-order valence-corrected chi connectivity index (χ3v) is 5.34. The van der Waals surface area contributed by atoms with Gasteiger partial charge in [0.25, 0.3) is 5.91 Å². The van der Waals surface area contributed by atoms with E-state index in [0.29, 0.717) is 21.5 Å². The number of imide groups is 1. The van der Waals surface area contributed by atoms with Gasteiger partial charge in [-0.2, -0.15) is 0 Å². The maximum absolute atomic E-state index is 12.8. The molecule has 2 aromatic rings. The molecule has 32 heavy (non-hydrogen) atoms. The third kappa shape index (κ3) is 5.47. The van der Waals surface area contributed by atoms with Crippen LogP contribution in [0.3, 0.4) is 0 Å². The van der Waals surface area contributed by atoms with Gasteiger partial charge in [-0.05, 0) is 43.2 Å². The van der Waals surface area contributed by atoms with Crippen LogP contribution in [0.25, 0.3) is 6.08 Å². The molecule has 168 valence electrons. The number of esters is 1. The topological polar surface area (TPSA) is 94.2 Å². The lowest BCUT2D eigenvalue weighted by Crippen LogP contribution is -2.30. The molecule has 1 aliphatic rings. The van der Waals surface area contributed by atoms with Crippen molar-refractivity contribution in [2.24, 2.45) is 0 Å². The number of rotatable bonds is 8. The third-order valence-electron chi connectivity index (χ3n) is 4.66. The minimum Gasteiger partial charge on any atom is -0.493 e. The minimum atomic E-state index is -0.496. The Kier molecular flexibility index (Phi) is 7.53. The van der Waals surface area contributed by atoms with Crippen LogP contribution in [0.5, 0.6) is 11.5 Å². The molecule has 0 saturated carbocycles. The maximum Gasteiger partial charge on any atom is 0.344 e. The highest BCUT2D eigenvalue weighted by atomic mass is 79.9. The van der Waals surface area contributed by atoms with E-state index in [-0.39, 0.29) is 25.5 Å². The Hall–Kier alpha value is -3.33. The van der Waals surface area contributed by atoms with E-state index in [4.69, 9.17) is 14.2 Å². The molecule has 1 heterocycles.